The van der Waals surface area contributed by atoms with E-state index >= 15 is 0 Å². The minimum absolute atomic E-state index is 0.0504. The number of hydrogen-bond acceptors (Lipinski definition) is 7. The number of carbonyl (C=O) groups is 2. The second-order valence-corrected chi connectivity index (χ2v) is 14.3. The summed E-state index contributed by atoms with van der Waals surface area (Å²) in [5, 5.41) is 18.6. The van der Waals surface area contributed by atoms with E-state index in [1.807, 2.05) is 97.3 Å². The molecule has 1 aliphatic rings. The van der Waals surface area contributed by atoms with Crippen molar-refractivity contribution in [2.24, 2.45) is 0 Å². The third kappa shape index (κ3) is 6.96. The Balaban J connectivity index is 1.37. The van der Waals surface area contributed by atoms with E-state index in [1.165, 1.54) is 12.1 Å². The summed E-state index contributed by atoms with van der Waals surface area (Å²) in [6.07, 6.45) is 5.64. The Labute approximate surface area is 290 Å². The Kier molecular flexibility index (Phi) is 9.21. The van der Waals surface area contributed by atoms with Crippen LogP contribution in [0.5, 0.6) is 0 Å². The zero-order chi connectivity index (χ0) is 35.8. The highest BCUT2D eigenvalue weighted by Crippen LogP contribution is 2.49. The molecule has 50 heavy (non-hydrogen) atoms. The summed E-state index contributed by atoms with van der Waals surface area (Å²) in [5.74, 6) is -1.87. The summed E-state index contributed by atoms with van der Waals surface area (Å²) in [5.41, 5.74) is 6.47. The Morgan fingerprint density at radius 1 is 0.940 bits per heavy atom. The highest BCUT2D eigenvalue weighted by molar-refractivity contribution is 7.85. The van der Waals surface area contributed by atoms with Crippen LogP contribution in [0.25, 0.3) is 17.2 Å². The predicted octanol–water partition coefficient (Wildman–Crippen LogP) is 6.38. The molecule has 4 aromatic carbocycles. The number of fused-ring (bicyclic) bond motifs is 2. The smallest absolute Gasteiger partial charge is 0.374 e. The van der Waals surface area contributed by atoms with Crippen molar-refractivity contribution in [3.63, 3.8) is 0 Å². The molecule has 11 heteroatoms. The van der Waals surface area contributed by atoms with Crippen LogP contribution in [0.15, 0.2) is 118 Å². The van der Waals surface area contributed by atoms with E-state index in [0.717, 1.165) is 28.0 Å². The highest BCUT2D eigenvalue weighted by Gasteiger charge is 2.40. The van der Waals surface area contributed by atoms with Crippen LogP contribution < -0.4 is 9.47 Å². The van der Waals surface area contributed by atoms with Gasteiger partial charge in [-0.15, -0.1) is 0 Å². The van der Waals surface area contributed by atoms with Crippen LogP contribution in [0.3, 0.4) is 0 Å². The van der Waals surface area contributed by atoms with Crippen molar-refractivity contribution in [3.8, 4) is 0 Å². The van der Waals surface area contributed by atoms with Crippen LogP contribution in [-0.4, -0.2) is 35.1 Å². The molecule has 2 N–H and O–H groups in total. The summed E-state index contributed by atoms with van der Waals surface area (Å²) in [7, 11) is -4.68. The minimum atomic E-state index is -4.68. The monoisotopic (exact) mass is 692 g/mol. The standard InChI is InChI=1S/C39H36N2O8S/c1-25(38(44)45)29-17-15-28(16-18-29)23-40-32-20-19-30(50(46,47)48)22-31(32)39(2,3)35(40)9-6-10-36-41(33-7-4-5-8-34(33)49-36)24-27-13-11-26(12-14-27)21-37(42)43/h4-20,22,25H,21,23-24H2,1-3H3,(H2-,42,43,44,45,46,47,48). The first kappa shape index (κ1) is 34.3. The Hall–Kier alpha value is -5.52. The first-order chi connectivity index (χ1) is 23.7. The van der Waals surface area contributed by atoms with Gasteiger partial charge in [0.25, 0.3) is 5.52 Å². The van der Waals surface area contributed by atoms with Crippen LogP contribution in [0.2, 0.25) is 0 Å². The molecule has 0 saturated carbocycles. The molecule has 0 amide bonds. The third-order valence-corrected chi connectivity index (χ3v) is 10.0. The van der Waals surface area contributed by atoms with Gasteiger partial charge in [-0.2, -0.15) is 4.57 Å². The molecule has 1 atom stereocenters. The molecule has 2 heterocycles. The number of carboxylic acids is 2. The van der Waals surface area contributed by atoms with Crippen LogP contribution in [-0.2, 0) is 44.6 Å². The van der Waals surface area contributed by atoms with Crippen molar-refractivity contribution in [2.45, 2.75) is 56.5 Å². The van der Waals surface area contributed by atoms with Gasteiger partial charge in [-0.1, -0.05) is 80.6 Å². The predicted molar refractivity (Wildman–Crippen MR) is 187 cm³/mol. The lowest BCUT2D eigenvalue weighted by molar-refractivity contribution is -0.669. The molecular weight excluding hydrogens is 657 g/mol. The maximum Gasteiger partial charge on any atom is 0.374 e. The molecule has 0 aliphatic carbocycles. The van der Waals surface area contributed by atoms with Crippen LogP contribution in [0, 0.1) is 0 Å². The van der Waals surface area contributed by atoms with E-state index in [0.29, 0.717) is 41.3 Å². The van der Waals surface area contributed by atoms with Gasteiger partial charge in [-0.05, 0) is 59.5 Å². The van der Waals surface area contributed by atoms with Gasteiger partial charge in [-0.3, -0.25) is 9.59 Å². The van der Waals surface area contributed by atoms with Crippen molar-refractivity contribution in [1.29, 1.82) is 0 Å². The van der Waals surface area contributed by atoms with E-state index in [4.69, 9.17) is 9.52 Å². The van der Waals surface area contributed by atoms with Gasteiger partial charge in [0.15, 0.2) is 6.54 Å². The van der Waals surface area contributed by atoms with Gasteiger partial charge < -0.3 is 24.1 Å². The number of anilines is 1. The fourth-order valence-electron chi connectivity index (χ4n) is 6.40. The Morgan fingerprint density at radius 3 is 2.26 bits per heavy atom. The first-order valence-electron chi connectivity index (χ1n) is 16.0. The molecule has 0 saturated heterocycles. The lowest BCUT2D eigenvalue weighted by Crippen LogP contribution is -2.35. The van der Waals surface area contributed by atoms with Gasteiger partial charge in [0.2, 0.25) is 5.58 Å². The van der Waals surface area contributed by atoms with Gasteiger partial charge in [0.1, 0.15) is 10.1 Å². The van der Waals surface area contributed by atoms with Gasteiger partial charge >= 0.3 is 17.8 Å². The average molecular weight is 693 g/mol. The van der Waals surface area contributed by atoms with Crippen molar-refractivity contribution in [3.05, 3.63) is 143 Å². The number of allylic oxidation sites excluding steroid dienone is 3. The number of para-hydroxylation sites is 2. The van der Waals surface area contributed by atoms with Crippen molar-refractivity contribution < 1.29 is 41.8 Å². The van der Waals surface area contributed by atoms with Crippen LogP contribution >= 0.6 is 0 Å². The van der Waals surface area contributed by atoms with Gasteiger partial charge in [-0.25, -0.2) is 8.42 Å². The number of oxazole rings is 1. The molecule has 0 fully saturated rings. The molecule has 1 aromatic heterocycles. The fourth-order valence-corrected chi connectivity index (χ4v) is 6.90. The van der Waals surface area contributed by atoms with E-state index < -0.39 is 33.4 Å². The lowest BCUT2D eigenvalue weighted by atomic mass is 9.83. The molecular formula is C39H36N2O8S. The summed E-state index contributed by atoms with van der Waals surface area (Å²) in [4.78, 5) is 24.4. The topological polar surface area (TPSA) is 152 Å². The number of hydrogen-bond donors (Lipinski definition) is 2. The van der Waals surface area contributed by atoms with Gasteiger partial charge in [0.05, 0.1) is 23.3 Å². The SMILES string of the molecule is CC(C(=O)O)c1ccc(CN2C(=CC=Cc3oc4ccccc4[n+]3Cc3ccc(CC(=O)O)cc3)C(C)(C)c3cc(S(=O)(=O)[O-])ccc32)cc1. The maximum atomic E-state index is 12.0. The zero-order valence-electron chi connectivity index (χ0n) is 27.7. The number of rotatable bonds is 11. The Morgan fingerprint density at radius 2 is 1.60 bits per heavy atom. The minimum Gasteiger partial charge on any atom is -0.744 e. The van der Waals surface area contributed by atoms with Crippen LogP contribution in [0.4, 0.5) is 5.69 Å². The average Bonchev–Trinajstić information content (AvgIpc) is 3.52. The molecule has 1 unspecified atom stereocenters. The molecule has 0 bridgehead atoms. The second-order valence-electron chi connectivity index (χ2n) is 12.9. The number of carboxylic acid groups (broad SMARTS) is 2. The van der Waals surface area contributed by atoms with Gasteiger partial charge in [0, 0.05) is 35.0 Å². The second kappa shape index (κ2) is 13.4. The molecule has 5 aromatic rings. The van der Waals surface area contributed by atoms with E-state index in [-0.39, 0.29) is 11.3 Å². The third-order valence-electron chi connectivity index (χ3n) is 9.19. The fraction of sp³-hybridized carbons (Fsp3) is 0.205. The molecule has 256 valence electrons. The van der Waals surface area contributed by atoms with Crippen LogP contribution in [0.1, 0.15) is 60.4 Å². The van der Waals surface area contributed by atoms with E-state index in [9.17, 15) is 27.7 Å². The van der Waals surface area contributed by atoms with E-state index in [2.05, 4.69) is 4.90 Å². The van der Waals surface area contributed by atoms with Crippen molar-refractivity contribution >= 4 is 44.9 Å². The first-order valence-corrected chi connectivity index (χ1v) is 17.4. The maximum absolute atomic E-state index is 12.0. The Bertz CT molecular complexity index is 2270. The largest absolute Gasteiger partial charge is 0.744 e. The lowest BCUT2D eigenvalue weighted by Gasteiger charge is -2.27. The quantitative estimate of drug-likeness (QED) is 0.119. The highest BCUT2D eigenvalue weighted by atomic mass is 32.2. The molecule has 0 spiro atoms. The number of aromatic nitrogens is 1. The summed E-state index contributed by atoms with van der Waals surface area (Å²) < 4.78 is 44.2. The summed E-state index contributed by atoms with van der Waals surface area (Å²) >= 11 is 0. The zero-order valence-corrected chi connectivity index (χ0v) is 28.6. The number of nitrogens with zero attached hydrogens (tertiary/aromatic N) is 2. The molecule has 6 rings (SSSR count). The summed E-state index contributed by atoms with van der Waals surface area (Å²) in [6, 6.07) is 26.9. The molecule has 10 nitrogen and oxygen atoms in total. The van der Waals surface area contributed by atoms with Crippen molar-refractivity contribution in [1.82, 2.24) is 0 Å². The molecule has 0 radical (unpaired) electrons. The normalized spacial score (nSPS) is 15.5. The number of aliphatic carboxylic acids is 2. The summed E-state index contributed by atoms with van der Waals surface area (Å²) in [6.45, 7) is 6.46. The molecule has 1 aliphatic heterocycles. The van der Waals surface area contributed by atoms with Crippen molar-refractivity contribution in [2.75, 3.05) is 4.90 Å². The number of benzene rings is 4. The van der Waals surface area contributed by atoms with E-state index in [1.54, 1.807) is 25.1 Å².